The summed E-state index contributed by atoms with van der Waals surface area (Å²) in [6.45, 7) is 0.272. The van der Waals surface area contributed by atoms with Gasteiger partial charge in [-0.05, 0) is 17.7 Å². The first-order valence-corrected chi connectivity index (χ1v) is 7.56. The van der Waals surface area contributed by atoms with Gasteiger partial charge in [-0.3, -0.25) is 0 Å². The van der Waals surface area contributed by atoms with E-state index in [1.165, 1.54) is 18.2 Å². The fourth-order valence-corrected chi connectivity index (χ4v) is 2.47. The zero-order chi connectivity index (χ0) is 13.9. The molecule has 0 aliphatic rings. The number of benzene rings is 2. The minimum atomic E-state index is -3.45. The number of ether oxygens (including phenoxy) is 1. The number of sulfone groups is 1. The van der Waals surface area contributed by atoms with Gasteiger partial charge < -0.3 is 9.84 Å². The van der Waals surface area contributed by atoms with E-state index in [1.807, 2.05) is 30.3 Å². The van der Waals surface area contributed by atoms with Crippen molar-refractivity contribution in [3.8, 4) is 11.5 Å². The first-order chi connectivity index (χ1) is 8.97. The van der Waals surface area contributed by atoms with E-state index < -0.39 is 9.84 Å². The molecule has 0 unspecified atom stereocenters. The van der Waals surface area contributed by atoms with E-state index in [9.17, 15) is 13.5 Å². The average Bonchev–Trinajstić information content (AvgIpc) is 2.37. The minimum absolute atomic E-state index is 0.0107. The molecule has 1 N–H and O–H groups in total. The molecule has 2 aromatic carbocycles. The minimum Gasteiger partial charge on any atom is -0.508 e. The first kappa shape index (κ1) is 13.4. The van der Waals surface area contributed by atoms with Crippen molar-refractivity contribution in [3.05, 3.63) is 54.1 Å². The molecule has 0 aromatic heterocycles. The molecule has 0 heterocycles. The van der Waals surface area contributed by atoms with Gasteiger partial charge in [0.25, 0.3) is 0 Å². The molecule has 0 spiro atoms. The lowest BCUT2D eigenvalue weighted by Crippen LogP contribution is -2.03. The summed E-state index contributed by atoms with van der Waals surface area (Å²) in [7, 11) is -3.45. The normalized spacial score (nSPS) is 11.2. The summed E-state index contributed by atoms with van der Waals surface area (Å²) < 4.78 is 28.8. The lowest BCUT2D eigenvalue weighted by molar-refractivity contribution is 0.297. The van der Waals surface area contributed by atoms with Crippen LogP contribution in [0.15, 0.2) is 53.4 Å². The van der Waals surface area contributed by atoms with E-state index in [0.717, 1.165) is 11.8 Å². The van der Waals surface area contributed by atoms with Crippen LogP contribution in [0.4, 0.5) is 0 Å². The van der Waals surface area contributed by atoms with Gasteiger partial charge in [-0.2, -0.15) is 0 Å². The summed E-state index contributed by atoms with van der Waals surface area (Å²) in [5, 5.41) is 9.37. The van der Waals surface area contributed by atoms with Crippen molar-refractivity contribution < 1.29 is 18.3 Å². The van der Waals surface area contributed by atoms with E-state index in [1.54, 1.807) is 0 Å². The van der Waals surface area contributed by atoms with Gasteiger partial charge in [0.2, 0.25) is 0 Å². The van der Waals surface area contributed by atoms with Crippen molar-refractivity contribution in [1.82, 2.24) is 0 Å². The SMILES string of the molecule is CS(=O)(=O)c1cc(O)ccc1OCc1ccccc1. The van der Waals surface area contributed by atoms with Crippen LogP contribution in [-0.2, 0) is 16.4 Å². The van der Waals surface area contributed by atoms with Crippen LogP contribution in [-0.4, -0.2) is 19.8 Å². The van der Waals surface area contributed by atoms with E-state index in [4.69, 9.17) is 4.74 Å². The Labute approximate surface area is 112 Å². The van der Waals surface area contributed by atoms with Crippen LogP contribution in [0.5, 0.6) is 11.5 Å². The molecular formula is C14H14O4S. The zero-order valence-corrected chi connectivity index (χ0v) is 11.2. The molecule has 0 saturated carbocycles. The summed E-state index contributed by atoms with van der Waals surface area (Å²) in [5.74, 6) is 0.136. The standard InChI is InChI=1S/C14H14O4S/c1-19(16,17)14-9-12(15)7-8-13(14)18-10-11-5-3-2-4-6-11/h2-9,15H,10H2,1H3. The van der Waals surface area contributed by atoms with Crippen LogP contribution in [0.3, 0.4) is 0 Å². The fraction of sp³-hybridized carbons (Fsp3) is 0.143. The van der Waals surface area contributed by atoms with Crippen molar-refractivity contribution in [2.45, 2.75) is 11.5 Å². The molecule has 0 bridgehead atoms. The van der Waals surface area contributed by atoms with Gasteiger partial charge in [-0.1, -0.05) is 30.3 Å². The highest BCUT2D eigenvalue weighted by Crippen LogP contribution is 2.28. The first-order valence-electron chi connectivity index (χ1n) is 5.66. The molecule has 0 fully saturated rings. The second-order valence-corrected chi connectivity index (χ2v) is 6.16. The van der Waals surface area contributed by atoms with E-state index in [0.29, 0.717) is 0 Å². The highest BCUT2D eigenvalue weighted by atomic mass is 32.2. The Morgan fingerprint density at radius 3 is 2.42 bits per heavy atom. The Bertz CT molecular complexity index is 663. The smallest absolute Gasteiger partial charge is 0.179 e. The van der Waals surface area contributed by atoms with Gasteiger partial charge in [0.05, 0.1) is 0 Å². The largest absolute Gasteiger partial charge is 0.508 e. The van der Waals surface area contributed by atoms with Crippen LogP contribution in [0, 0.1) is 0 Å². The maximum absolute atomic E-state index is 11.6. The number of hydrogen-bond acceptors (Lipinski definition) is 4. The number of phenolic OH excluding ortho intramolecular Hbond substituents is 1. The molecule has 100 valence electrons. The molecular weight excluding hydrogens is 264 g/mol. The molecule has 0 saturated heterocycles. The van der Waals surface area contributed by atoms with Gasteiger partial charge in [0, 0.05) is 12.3 Å². The van der Waals surface area contributed by atoms with Crippen LogP contribution in [0.25, 0.3) is 0 Å². The molecule has 5 heteroatoms. The van der Waals surface area contributed by atoms with E-state index in [-0.39, 0.29) is 23.0 Å². The lowest BCUT2D eigenvalue weighted by atomic mass is 10.2. The number of aromatic hydroxyl groups is 1. The van der Waals surface area contributed by atoms with Gasteiger partial charge in [-0.25, -0.2) is 8.42 Å². The molecule has 0 aliphatic heterocycles. The predicted molar refractivity (Wildman–Crippen MR) is 72.0 cm³/mol. The summed E-state index contributed by atoms with van der Waals surface area (Å²) in [6.07, 6.45) is 1.08. The molecule has 0 atom stereocenters. The number of phenols is 1. The highest BCUT2D eigenvalue weighted by molar-refractivity contribution is 7.90. The van der Waals surface area contributed by atoms with Crippen molar-refractivity contribution in [3.63, 3.8) is 0 Å². The van der Waals surface area contributed by atoms with Gasteiger partial charge in [0.15, 0.2) is 9.84 Å². The Morgan fingerprint density at radius 2 is 1.79 bits per heavy atom. The summed E-state index contributed by atoms with van der Waals surface area (Å²) in [6, 6.07) is 13.5. The second kappa shape index (κ2) is 5.32. The molecule has 19 heavy (non-hydrogen) atoms. The summed E-state index contributed by atoms with van der Waals surface area (Å²) in [5.41, 5.74) is 0.940. The van der Waals surface area contributed by atoms with E-state index in [2.05, 4.69) is 0 Å². The average molecular weight is 278 g/mol. The molecule has 4 nitrogen and oxygen atoms in total. The van der Waals surface area contributed by atoms with Crippen molar-refractivity contribution in [2.24, 2.45) is 0 Å². The van der Waals surface area contributed by atoms with Gasteiger partial charge >= 0.3 is 0 Å². The monoisotopic (exact) mass is 278 g/mol. The van der Waals surface area contributed by atoms with Crippen LogP contribution < -0.4 is 4.74 Å². The summed E-state index contributed by atoms with van der Waals surface area (Å²) in [4.78, 5) is -0.0107. The van der Waals surface area contributed by atoms with Gasteiger partial charge in [0.1, 0.15) is 23.0 Å². The van der Waals surface area contributed by atoms with Gasteiger partial charge in [-0.15, -0.1) is 0 Å². The lowest BCUT2D eigenvalue weighted by Gasteiger charge is -2.10. The Kier molecular flexibility index (Phi) is 3.76. The Morgan fingerprint density at radius 1 is 1.11 bits per heavy atom. The van der Waals surface area contributed by atoms with Crippen molar-refractivity contribution in [2.75, 3.05) is 6.26 Å². The molecule has 0 radical (unpaired) electrons. The topological polar surface area (TPSA) is 63.6 Å². The molecule has 0 amide bonds. The second-order valence-electron chi connectivity index (χ2n) is 4.18. The maximum atomic E-state index is 11.6. The fourth-order valence-electron chi connectivity index (χ4n) is 1.64. The van der Waals surface area contributed by atoms with E-state index >= 15 is 0 Å². The Balaban J connectivity index is 2.26. The third kappa shape index (κ3) is 3.48. The Hall–Kier alpha value is -2.01. The van der Waals surface area contributed by atoms with Crippen molar-refractivity contribution >= 4 is 9.84 Å². The number of hydrogen-bond donors (Lipinski definition) is 1. The predicted octanol–water partition coefficient (Wildman–Crippen LogP) is 2.37. The quantitative estimate of drug-likeness (QED) is 0.932. The number of rotatable bonds is 4. The highest BCUT2D eigenvalue weighted by Gasteiger charge is 2.15. The molecule has 2 rings (SSSR count). The third-order valence-electron chi connectivity index (χ3n) is 2.56. The summed E-state index contributed by atoms with van der Waals surface area (Å²) >= 11 is 0. The van der Waals surface area contributed by atoms with Crippen LogP contribution in [0.2, 0.25) is 0 Å². The van der Waals surface area contributed by atoms with Crippen molar-refractivity contribution in [1.29, 1.82) is 0 Å². The van der Waals surface area contributed by atoms with Crippen LogP contribution in [0.1, 0.15) is 5.56 Å². The third-order valence-corrected chi connectivity index (χ3v) is 3.68. The van der Waals surface area contributed by atoms with Crippen LogP contribution >= 0.6 is 0 Å². The maximum Gasteiger partial charge on any atom is 0.179 e. The molecule has 0 aliphatic carbocycles. The molecule has 2 aromatic rings. The zero-order valence-electron chi connectivity index (χ0n) is 10.4.